The van der Waals surface area contributed by atoms with Crippen molar-refractivity contribution in [2.24, 2.45) is 0 Å². The van der Waals surface area contributed by atoms with Crippen LogP contribution in [0.5, 0.6) is 5.75 Å². The molecule has 3 heterocycles. The average molecular weight is 436 g/mol. The third-order valence-corrected chi connectivity index (χ3v) is 5.20. The van der Waals surface area contributed by atoms with Crippen molar-refractivity contribution in [3.05, 3.63) is 64.1 Å². The summed E-state index contributed by atoms with van der Waals surface area (Å²) in [6.45, 7) is 5.39. The molecule has 7 nitrogen and oxygen atoms in total. The number of alkyl halides is 3. The van der Waals surface area contributed by atoms with Crippen molar-refractivity contribution in [3.8, 4) is 11.4 Å². The minimum Gasteiger partial charge on any atom is -0.491 e. The van der Waals surface area contributed by atoms with Crippen LogP contribution in [0.2, 0.25) is 0 Å². The highest BCUT2D eigenvalue weighted by Crippen LogP contribution is 2.34. The fraction of sp³-hybridized carbons (Fsp3) is 0.429. The molecule has 0 saturated carbocycles. The van der Waals surface area contributed by atoms with E-state index in [0.29, 0.717) is 18.8 Å². The highest BCUT2D eigenvalue weighted by atomic mass is 19.4. The van der Waals surface area contributed by atoms with Crippen molar-refractivity contribution in [2.45, 2.75) is 45.6 Å². The van der Waals surface area contributed by atoms with Crippen LogP contribution >= 0.6 is 0 Å². The molecular weight excluding hydrogens is 413 g/mol. The fourth-order valence-electron chi connectivity index (χ4n) is 3.47. The van der Waals surface area contributed by atoms with E-state index in [-0.39, 0.29) is 30.7 Å². The fourth-order valence-corrected chi connectivity index (χ4v) is 3.47. The lowest BCUT2D eigenvalue weighted by Crippen LogP contribution is -2.32. The average Bonchev–Trinajstić information content (AvgIpc) is 3.24. The zero-order valence-electron chi connectivity index (χ0n) is 17.2. The number of hydrogen-bond acceptors (Lipinski definition) is 4. The van der Waals surface area contributed by atoms with Gasteiger partial charge in [0.2, 0.25) is 0 Å². The van der Waals surface area contributed by atoms with E-state index in [4.69, 9.17) is 9.47 Å². The SMILES string of the molecule is CCn1cc(Cn2cc(C)n(-c3cc(OCC4CCO4)cc(C(F)(F)F)c3)c2=O)cn1. The van der Waals surface area contributed by atoms with Gasteiger partial charge in [-0.05, 0) is 26.0 Å². The van der Waals surface area contributed by atoms with Gasteiger partial charge in [0.15, 0.2) is 0 Å². The zero-order chi connectivity index (χ0) is 22.2. The standard InChI is InChI=1S/C21H23F3N4O3/c1-3-27-12-15(9-25-27)11-26-10-14(2)28(20(26)29)17-6-16(21(22,23)24)7-19(8-17)31-13-18-4-5-30-18/h6-10,12,18H,3-5,11,13H2,1-2H3. The molecule has 0 radical (unpaired) electrons. The summed E-state index contributed by atoms with van der Waals surface area (Å²) in [5, 5.41) is 4.19. The Bertz CT molecular complexity index is 1130. The van der Waals surface area contributed by atoms with E-state index in [1.807, 2.05) is 13.1 Å². The van der Waals surface area contributed by atoms with Gasteiger partial charge in [-0.3, -0.25) is 13.8 Å². The summed E-state index contributed by atoms with van der Waals surface area (Å²) >= 11 is 0. The monoisotopic (exact) mass is 436 g/mol. The Morgan fingerprint density at radius 1 is 1.26 bits per heavy atom. The Labute approximate surface area is 176 Å². The Morgan fingerprint density at radius 2 is 2.03 bits per heavy atom. The Kier molecular flexibility index (Phi) is 5.65. The van der Waals surface area contributed by atoms with Crippen LogP contribution in [-0.2, 0) is 24.0 Å². The van der Waals surface area contributed by atoms with E-state index >= 15 is 0 Å². The smallest absolute Gasteiger partial charge is 0.416 e. The lowest BCUT2D eigenvalue weighted by molar-refractivity contribution is -0.137. The molecule has 0 N–H and O–H groups in total. The van der Waals surface area contributed by atoms with Gasteiger partial charge in [0, 0.05) is 49.3 Å². The first-order valence-electron chi connectivity index (χ1n) is 10.0. The van der Waals surface area contributed by atoms with Crippen molar-refractivity contribution >= 4 is 0 Å². The molecule has 1 atom stereocenters. The first kappa shape index (κ1) is 21.2. The quantitative estimate of drug-likeness (QED) is 0.570. The van der Waals surface area contributed by atoms with Crippen LogP contribution in [0.1, 0.15) is 30.2 Å². The van der Waals surface area contributed by atoms with E-state index < -0.39 is 17.4 Å². The van der Waals surface area contributed by atoms with Crippen LogP contribution in [0.4, 0.5) is 13.2 Å². The molecule has 31 heavy (non-hydrogen) atoms. The van der Waals surface area contributed by atoms with Crippen LogP contribution in [0, 0.1) is 6.92 Å². The predicted octanol–water partition coefficient (Wildman–Crippen LogP) is 3.40. The van der Waals surface area contributed by atoms with Gasteiger partial charge in [-0.15, -0.1) is 0 Å². The molecule has 0 amide bonds. The number of nitrogens with zero attached hydrogens (tertiary/aromatic N) is 4. The molecule has 4 rings (SSSR count). The number of hydrogen-bond donors (Lipinski definition) is 0. The first-order chi connectivity index (χ1) is 14.7. The largest absolute Gasteiger partial charge is 0.491 e. The van der Waals surface area contributed by atoms with E-state index in [9.17, 15) is 18.0 Å². The van der Waals surface area contributed by atoms with Crippen LogP contribution in [0.3, 0.4) is 0 Å². The maximum absolute atomic E-state index is 13.5. The molecule has 2 aromatic heterocycles. The Morgan fingerprint density at radius 3 is 2.65 bits per heavy atom. The van der Waals surface area contributed by atoms with Gasteiger partial charge in [-0.25, -0.2) is 4.79 Å². The molecule has 1 saturated heterocycles. The third-order valence-electron chi connectivity index (χ3n) is 5.20. The maximum Gasteiger partial charge on any atom is 0.416 e. The second-order valence-electron chi connectivity index (χ2n) is 7.53. The van der Waals surface area contributed by atoms with Gasteiger partial charge < -0.3 is 9.47 Å². The molecular formula is C21H23F3N4O3. The molecule has 0 spiro atoms. The van der Waals surface area contributed by atoms with Gasteiger partial charge in [-0.2, -0.15) is 18.3 Å². The summed E-state index contributed by atoms with van der Waals surface area (Å²) in [6, 6.07) is 3.35. The lowest BCUT2D eigenvalue weighted by Gasteiger charge is -2.26. The molecule has 1 aliphatic rings. The molecule has 0 bridgehead atoms. The lowest BCUT2D eigenvalue weighted by atomic mass is 10.1. The summed E-state index contributed by atoms with van der Waals surface area (Å²) in [5.74, 6) is 0.0450. The molecule has 1 aliphatic heterocycles. The van der Waals surface area contributed by atoms with Crippen LogP contribution < -0.4 is 10.4 Å². The molecule has 10 heteroatoms. The summed E-state index contributed by atoms with van der Waals surface area (Å²) in [6.07, 6.45) is 1.23. The number of aryl methyl sites for hydroxylation is 2. The summed E-state index contributed by atoms with van der Waals surface area (Å²) in [4.78, 5) is 13.0. The minimum atomic E-state index is -4.57. The summed E-state index contributed by atoms with van der Waals surface area (Å²) < 4.78 is 55.7. The number of aromatic nitrogens is 4. The van der Waals surface area contributed by atoms with Crippen LogP contribution in [-0.4, -0.2) is 38.2 Å². The highest BCUT2D eigenvalue weighted by molar-refractivity contribution is 5.45. The molecule has 1 fully saturated rings. The molecule has 0 aliphatic carbocycles. The number of imidazole rings is 1. The van der Waals surface area contributed by atoms with E-state index in [1.165, 1.54) is 15.2 Å². The molecule has 1 aromatic carbocycles. The van der Waals surface area contributed by atoms with E-state index in [0.717, 1.165) is 24.1 Å². The van der Waals surface area contributed by atoms with Crippen LogP contribution in [0.25, 0.3) is 5.69 Å². The van der Waals surface area contributed by atoms with Gasteiger partial charge in [0.25, 0.3) is 0 Å². The van der Waals surface area contributed by atoms with Crippen LogP contribution in [0.15, 0.2) is 41.6 Å². The highest BCUT2D eigenvalue weighted by Gasteiger charge is 2.32. The maximum atomic E-state index is 13.5. The second-order valence-corrected chi connectivity index (χ2v) is 7.53. The van der Waals surface area contributed by atoms with Gasteiger partial charge in [-0.1, -0.05) is 0 Å². The van der Waals surface area contributed by atoms with E-state index in [2.05, 4.69) is 5.10 Å². The summed E-state index contributed by atoms with van der Waals surface area (Å²) in [5.41, 5.74) is 0.132. The number of halogens is 3. The molecule has 166 valence electrons. The number of benzene rings is 1. The normalized spacial score (nSPS) is 16.4. The van der Waals surface area contributed by atoms with Crippen molar-refractivity contribution in [1.29, 1.82) is 0 Å². The molecule has 3 aromatic rings. The Hall–Kier alpha value is -3.01. The second kappa shape index (κ2) is 8.26. The number of ether oxygens (including phenoxy) is 2. The topological polar surface area (TPSA) is 63.2 Å². The van der Waals surface area contributed by atoms with Crippen molar-refractivity contribution in [1.82, 2.24) is 18.9 Å². The molecule has 1 unspecified atom stereocenters. The van der Waals surface area contributed by atoms with Crippen molar-refractivity contribution in [2.75, 3.05) is 13.2 Å². The van der Waals surface area contributed by atoms with Crippen molar-refractivity contribution < 1.29 is 22.6 Å². The minimum absolute atomic E-state index is 0.0450. The van der Waals surface area contributed by atoms with Crippen molar-refractivity contribution in [3.63, 3.8) is 0 Å². The Balaban J connectivity index is 1.68. The zero-order valence-corrected chi connectivity index (χ0v) is 17.2. The first-order valence-corrected chi connectivity index (χ1v) is 10.0. The summed E-state index contributed by atoms with van der Waals surface area (Å²) in [7, 11) is 0. The third kappa shape index (κ3) is 4.53. The van der Waals surface area contributed by atoms with Gasteiger partial charge in [0.1, 0.15) is 12.4 Å². The van der Waals surface area contributed by atoms with Gasteiger partial charge >= 0.3 is 11.9 Å². The predicted molar refractivity (Wildman–Crippen MR) is 107 cm³/mol. The number of rotatable bonds is 7. The van der Waals surface area contributed by atoms with E-state index in [1.54, 1.807) is 24.0 Å². The van der Waals surface area contributed by atoms with Gasteiger partial charge in [0.05, 0.1) is 30.1 Å².